The molecule has 0 atom stereocenters. The Labute approximate surface area is 99.3 Å². The fourth-order valence-corrected chi connectivity index (χ4v) is 2.10. The average Bonchev–Trinajstić information content (AvgIpc) is 2.72. The molecule has 0 bridgehead atoms. The summed E-state index contributed by atoms with van der Waals surface area (Å²) in [6.07, 6.45) is 1.73. The zero-order valence-electron chi connectivity index (χ0n) is 9.44. The van der Waals surface area contributed by atoms with Crippen molar-refractivity contribution >= 4 is 0 Å². The third-order valence-corrected chi connectivity index (χ3v) is 3.16. The predicted molar refractivity (Wildman–Crippen MR) is 64.0 cm³/mol. The van der Waals surface area contributed by atoms with Gasteiger partial charge in [0, 0.05) is 37.3 Å². The lowest BCUT2D eigenvalue weighted by atomic mass is 10.0. The molecule has 4 heteroatoms. The molecule has 0 aliphatic carbocycles. The van der Waals surface area contributed by atoms with Crippen LogP contribution in [0, 0.1) is 11.7 Å². The number of nitrogens with zero attached hydrogens (tertiary/aromatic N) is 2. The number of halogens is 1. The van der Waals surface area contributed by atoms with Gasteiger partial charge in [-0.05, 0) is 18.2 Å². The molecular formula is C13H14FN3. The van der Waals surface area contributed by atoms with Crippen LogP contribution in [-0.4, -0.2) is 22.9 Å². The van der Waals surface area contributed by atoms with E-state index in [9.17, 15) is 4.39 Å². The predicted octanol–water partition coefficient (Wildman–Crippen LogP) is 1.91. The summed E-state index contributed by atoms with van der Waals surface area (Å²) in [6, 6.07) is 8.69. The highest BCUT2D eigenvalue weighted by atomic mass is 19.1. The van der Waals surface area contributed by atoms with Gasteiger partial charge in [0.15, 0.2) is 0 Å². The Morgan fingerprint density at radius 2 is 2.12 bits per heavy atom. The van der Waals surface area contributed by atoms with E-state index in [1.165, 1.54) is 6.07 Å². The normalized spacial score (nSPS) is 15.8. The van der Waals surface area contributed by atoms with Crippen LogP contribution in [-0.2, 0) is 6.54 Å². The maximum absolute atomic E-state index is 13.7. The molecule has 1 aromatic heterocycles. The smallest absolute Gasteiger partial charge is 0.132 e. The molecule has 1 fully saturated rings. The van der Waals surface area contributed by atoms with Gasteiger partial charge in [-0.25, -0.2) is 4.39 Å². The van der Waals surface area contributed by atoms with Crippen LogP contribution in [0.1, 0.15) is 0 Å². The van der Waals surface area contributed by atoms with E-state index in [2.05, 4.69) is 10.4 Å². The monoisotopic (exact) mass is 231 g/mol. The second kappa shape index (κ2) is 4.30. The molecule has 0 unspecified atom stereocenters. The number of hydrogen-bond acceptors (Lipinski definition) is 2. The van der Waals surface area contributed by atoms with Crippen LogP contribution in [0.5, 0.6) is 0 Å². The zero-order valence-corrected chi connectivity index (χ0v) is 9.44. The molecule has 0 radical (unpaired) electrons. The van der Waals surface area contributed by atoms with Gasteiger partial charge >= 0.3 is 0 Å². The highest BCUT2D eigenvalue weighted by Gasteiger charge is 2.19. The third kappa shape index (κ3) is 1.96. The molecule has 0 spiro atoms. The summed E-state index contributed by atoms with van der Waals surface area (Å²) >= 11 is 0. The lowest BCUT2D eigenvalue weighted by Crippen LogP contribution is -2.44. The maximum Gasteiger partial charge on any atom is 0.132 e. The molecule has 3 nitrogen and oxygen atoms in total. The van der Waals surface area contributed by atoms with Gasteiger partial charge in [-0.2, -0.15) is 5.10 Å². The summed E-state index contributed by atoms with van der Waals surface area (Å²) < 4.78 is 15.6. The van der Waals surface area contributed by atoms with Crippen LogP contribution in [0.25, 0.3) is 11.3 Å². The molecule has 2 aromatic rings. The fourth-order valence-electron chi connectivity index (χ4n) is 2.10. The maximum atomic E-state index is 13.7. The van der Waals surface area contributed by atoms with Gasteiger partial charge < -0.3 is 5.32 Å². The van der Waals surface area contributed by atoms with E-state index in [1.54, 1.807) is 18.3 Å². The molecule has 2 heterocycles. The summed E-state index contributed by atoms with van der Waals surface area (Å²) in [5.74, 6) is 0.418. The summed E-state index contributed by atoms with van der Waals surface area (Å²) in [6.45, 7) is 2.90. The molecule has 88 valence electrons. The van der Waals surface area contributed by atoms with Crippen LogP contribution in [0.3, 0.4) is 0 Å². The van der Waals surface area contributed by atoms with Crippen molar-refractivity contribution in [1.82, 2.24) is 15.1 Å². The Bertz CT molecular complexity index is 517. The fraction of sp³-hybridized carbons (Fsp3) is 0.308. The molecule has 1 N–H and O–H groups in total. The van der Waals surface area contributed by atoms with Gasteiger partial charge in [-0.1, -0.05) is 12.1 Å². The van der Waals surface area contributed by atoms with Crippen molar-refractivity contribution in [3.8, 4) is 11.3 Å². The Balaban J connectivity index is 1.92. The first kappa shape index (κ1) is 10.5. The first-order chi connectivity index (χ1) is 8.34. The topological polar surface area (TPSA) is 29.9 Å². The summed E-state index contributed by atoms with van der Waals surface area (Å²) in [4.78, 5) is 0. The Morgan fingerprint density at radius 3 is 2.82 bits per heavy atom. The van der Waals surface area contributed by atoms with Gasteiger partial charge in [0.05, 0.1) is 5.69 Å². The minimum atomic E-state index is -0.194. The van der Waals surface area contributed by atoms with E-state index in [1.807, 2.05) is 16.8 Å². The van der Waals surface area contributed by atoms with Gasteiger partial charge in [-0.3, -0.25) is 4.68 Å². The van der Waals surface area contributed by atoms with Crippen molar-refractivity contribution in [2.45, 2.75) is 6.54 Å². The van der Waals surface area contributed by atoms with Crippen molar-refractivity contribution in [2.75, 3.05) is 13.1 Å². The van der Waals surface area contributed by atoms with Gasteiger partial charge in [0.2, 0.25) is 0 Å². The third-order valence-electron chi connectivity index (χ3n) is 3.16. The van der Waals surface area contributed by atoms with Crippen LogP contribution in [0.15, 0.2) is 36.5 Å². The van der Waals surface area contributed by atoms with Gasteiger partial charge in [-0.15, -0.1) is 0 Å². The van der Waals surface area contributed by atoms with E-state index >= 15 is 0 Å². The molecule has 0 amide bonds. The molecule has 1 aliphatic rings. The standard InChI is InChI=1S/C13H14FN3/c14-12-4-2-1-3-11(12)13-5-6-16-17(13)9-10-7-15-8-10/h1-6,10,15H,7-9H2. The quantitative estimate of drug-likeness (QED) is 0.874. The number of aromatic nitrogens is 2. The van der Waals surface area contributed by atoms with Crippen LogP contribution in [0.4, 0.5) is 4.39 Å². The molecule has 1 aromatic carbocycles. The number of benzene rings is 1. The average molecular weight is 231 g/mol. The largest absolute Gasteiger partial charge is 0.316 e. The van der Waals surface area contributed by atoms with Gasteiger partial charge in [0.25, 0.3) is 0 Å². The van der Waals surface area contributed by atoms with Crippen LogP contribution in [0.2, 0.25) is 0 Å². The second-order valence-corrected chi connectivity index (χ2v) is 4.40. The highest BCUT2D eigenvalue weighted by molar-refractivity contribution is 5.59. The number of nitrogens with one attached hydrogen (secondary N) is 1. The van der Waals surface area contributed by atoms with Crippen LogP contribution >= 0.6 is 0 Å². The summed E-state index contributed by atoms with van der Waals surface area (Å²) in [5.41, 5.74) is 1.48. The molecule has 0 saturated carbocycles. The van der Waals surface area contributed by atoms with Crippen molar-refractivity contribution in [3.63, 3.8) is 0 Å². The molecular weight excluding hydrogens is 217 g/mol. The van der Waals surface area contributed by atoms with E-state index in [-0.39, 0.29) is 5.82 Å². The number of hydrogen-bond donors (Lipinski definition) is 1. The molecule has 17 heavy (non-hydrogen) atoms. The van der Waals surface area contributed by atoms with Crippen molar-refractivity contribution in [2.24, 2.45) is 5.92 Å². The Morgan fingerprint density at radius 1 is 1.29 bits per heavy atom. The molecule has 3 rings (SSSR count). The second-order valence-electron chi connectivity index (χ2n) is 4.40. The lowest BCUT2D eigenvalue weighted by Gasteiger charge is -2.27. The van der Waals surface area contributed by atoms with Crippen molar-refractivity contribution in [1.29, 1.82) is 0 Å². The molecule has 1 saturated heterocycles. The van der Waals surface area contributed by atoms with Crippen LogP contribution < -0.4 is 5.32 Å². The van der Waals surface area contributed by atoms with E-state index < -0.39 is 0 Å². The Hall–Kier alpha value is -1.68. The van der Waals surface area contributed by atoms with Crippen molar-refractivity contribution < 1.29 is 4.39 Å². The first-order valence-electron chi connectivity index (χ1n) is 5.82. The van der Waals surface area contributed by atoms with E-state index in [0.29, 0.717) is 11.5 Å². The SMILES string of the molecule is Fc1ccccc1-c1ccnn1CC1CNC1. The minimum absolute atomic E-state index is 0.194. The summed E-state index contributed by atoms with van der Waals surface area (Å²) in [5, 5.41) is 7.51. The lowest BCUT2D eigenvalue weighted by molar-refractivity contribution is 0.297. The van der Waals surface area contributed by atoms with E-state index in [4.69, 9.17) is 0 Å². The first-order valence-corrected chi connectivity index (χ1v) is 5.82. The minimum Gasteiger partial charge on any atom is -0.316 e. The zero-order chi connectivity index (χ0) is 11.7. The van der Waals surface area contributed by atoms with Crippen molar-refractivity contribution in [3.05, 3.63) is 42.3 Å². The number of rotatable bonds is 3. The summed E-state index contributed by atoms with van der Waals surface area (Å²) in [7, 11) is 0. The van der Waals surface area contributed by atoms with E-state index in [0.717, 1.165) is 25.3 Å². The highest BCUT2D eigenvalue weighted by Crippen LogP contribution is 2.23. The van der Waals surface area contributed by atoms with Gasteiger partial charge in [0.1, 0.15) is 5.82 Å². The molecule has 1 aliphatic heterocycles. The Kier molecular flexibility index (Phi) is 2.65.